The molecule has 0 aliphatic heterocycles. The molecule has 1 unspecified atom stereocenters. The van der Waals surface area contributed by atoms with Gasteiger partial charge in [-0.05, 0) is 24.6 Å². The number of carbonyl (C=O) groups excluding carboxylic acids is 2. The van der Waals surface area contributed by atoms with Gasteiger partial charge < -0.3 is 9.84 Å². The molecule has 0 aliphatic carbocycles. The van der Waals surface area contributed by atoms with Crippen molar-refractivity contribution in [3.8, 4) is 0 Å². The van der Waals surface area contributed by atoms with Crippen LogP contribution in [-0.2, 0) is 11.3 Å². The highest BCUT2D eigenvalue weighted by Crippen LogP contribution is 2.14. The number of benzene rings is 2. The Morgan fingerprint density at radius 3 is 2.33 bits per heavy atom. The van der Waals surface area contributed by atoms with E-state index in [-0.39, 0.29) is 31.0 Å². The Balaban J connectivity index is 1.92. The molecule has 1 amide bonds. The fourth-order valence-electron chi connectivity index (χ4n) is 2.37. The Labute approximate surface area is 156 Å². The minimum atomic E-state index is -1.13. The van der Waals surface area contributed by atoms with Crippen LogP contribution in [0.4, 0.5) is 10.5 Å². The van der Waals surface area contributed by atoms with Crippen molar-refractivity contribution in [2.45, 2.75) is 26.2 Å². The van der Waals surface area contributed by atoms with E-state index >= 15 is 0 Å². The van der Waals surface area contributed by atoms with Crippen molar-refractivity contribution < 1.29 is 24.4 Å². The molecule has 0 spiro atoms. The first-order valence-corrected chi connectivity index (χ1v) is 8.31. The predicted octanol–water partition coefficient (Wildman–Crippen LogP) is 3.14. The molecule has 8 nitrogen and oxygen atoms in total. The molecule has 8 heteroatoms. The summed E-state index contributed by atoms with van der Waals surface area (Å²) in [5.41, 5.74) is 0.990. The molecule has 1 atom stereocenters. The van der Waals surface area contributed by atoms with Crippen molar-refractivity contribution in [1.82, 2.24) is 4.90 Å². The Morgan fingerprint density at radius 2 is 1.78 bits per heavy atom. The number of ketones is 1. The lowest BCUT2D eigenvalue weighted by Crippen LogP contribution is -2.40. The Morgan fingerprint density at radius 1 is 1.15 bits per heavy atom. The number of ether oxygens (including phenoxy) is 1. The van der Waals surface area contributed by atoms with Gasteiger partial charge in [-0.2, -0.15) is 0 Å². The summed E-state index contributed by atoms with van der Waals surface area (Å²) < 4.78 is 5.17. The zero-order valence-electron chi connectivity index (χ0n) is 14.8. The molecule has 142 valence electrons. The van der Waals surface area contributed by atoms with E-state index in [1.165, 1.54) is 31.2 Å². The third kappa shape index (κ3) is 5.89. The summed E-state index contributed by atoms with van der Waals surface area (Å²) in [5, 5.41) is 20.4. The van der Waals surface area contributed by atoms with Crippen LogP contribution < -0.4 is 0 Å². The summed E-state index contributed by atoms with van der Waals surface area (Å²) in [6.45, 7) is 1.42. The van der Waals surface area contributed by atoms with Crippen LogP contribution in [0.3, 0.4) is 0 Å². The van der Waals surface area contributed by atoms with Crippen molar-refractivity contribution >= 4 is 17.6 Å². The lowest BCUT2D eigenvalue weighted by molar-refractivity contribution is -0.384. The van der Waals surface area contributed by atoms with Gasteiger partial charge in [-0.3, -0.25) is 19.8 Å². The van der Waals surface area contributed by atoms with E-state index in [9.17, 15) is 24.8 Å². The number of aliphatic hydroxyl groups excluding tert-OH is 1. The van der Waals surface area contributed by atoms with E-state index in [1.54, 1.807) is 12.1 Å². The van der Waals surface area contributed by atoms with E-state index in [4.69, 9.17) is 4.74 Å². The SMILES string of the molecule is CC(O)N(CCC(=O)c1ccc([N+](=O)[O-])cc1)C(=O)OCc1ccccc1. The number of nitro groups is 1. The molecule has 2 rings (SSSR count). The maximum absolute atomic E-state index is 12.2. The van der Waals surface area contributed by atoms with Crippen LogP contribution in [0.1, 0.15) is 29.3 Å². The van der Waals surface area contributed by atoms with Gasteiger partial charge in [-0.15, -0.1) is 0 Å². The lowest BCUT2D eigenvalue weighted by atomic mass is 10.1. The molecular formula is C19H20N2O6. The molecule has 0 bridgehead atoms. The van der Waals surface area contributed by atoms with Gasteiger partial charge in [0.25, 0.3) is 5.69 Å². The molecule has 0 aliphatic rings. The van der Waals surface area contributed by atoms with E-state index < -0.39 is 17.2 Å². The summed E-state index contributed by atoms with van der Waals surface area (Å²) in [7, 11) is 0. The van der Waals surface area contributed by atoms with Crippen LogP contribution >= 0.6 is 0 Å². The van der Waals surface area contributed by atoms with E-state index in [1.807, 2.05) is 18.2 Å². The molecule has 0 saturated heterocycles. The molecule has 1 N–H and O–H groups in total. The van der Waals surface area contributed by atoms with Gasteiger partial charge in [0.2, 0.25) is 0 Å². The van der Waals surface area contributed by atoms with Crippen molar-refractivity contribution in [1.29, 1.82) is 0 Å². The molecule has 27 heavy (non-hydrogen) atoms. The third-order valence-electron chi connectivity index (χ3n) is 3.87. The number of Topliss-reactive ketones (excluding diaryl/α,β-unsaturated/α-hetero) is 1. The molecule has 2 aromatic carbocycles. The summed E-state index contributed by atoms with van der Waals surface area (Å²) >= 11 is 0. The normalized spacial score (nSPS) is 11.5. The van der Waals surface area contributed by atoms with Gasteiger partial charge in [-0.25, -0.2) is 4.79 Å². The fourth-order valence-corrected chi connectivity index (χ4v) is 2.37. The Kier molecular flexibility index (Phi) is 7.01. The topological polar surface area (TPSA) is 110 Å². The van der Waals surface area contributed by atoms with E-state index in [2.05, 4.69) is 0 Å². The number of carbonyl (C=O) groups is 2. The molecular weight excluding hydrogens is 352 g/mol. The number of aliphatic hydroxyl groups is 1. The first kappa shape index (κ1) is 20.1. The Bertz CT molecular complexity index is 790. The first-order chi connectivity index (χ1) is 12.9. The minimum absolute atomic E-state index is 0.0406. The van der Waals surface area contributed by atoms with Gasteiger partial charge in [0.15, 0.2) is 5.78 Å². The summed E-state index contributed by atoms with van der Waals surface area (Å²) in [5.74, 6) is -0.300. The van der Waals surface area contributed by atoms with E-state index in [0.717, 1.165) is 10.5 Å². The highest BCUT2D eigenvalue weighted by atomic mass is 16.6. The maximum Gasteiger partial charge on any atom is 0.412 e. The highest BCUT2D eigenvalue weighted by molar-refractivity contribution is 5.96. The minimum Gasteiger partial charge on any atom is -0.444 e. The number of nitro benzene ring substituents is 1. The molecule has 0 fully saturated rings. The first-order valence-electron chi connectivity index (χ1n) is 8.31. The largest absolute Gasteiger partial charge is 0.444 e. The number of nitrogens with zero attached hydrogens (tertiary/aromatic N) is 2. The molecule has 0 aromatic heterocycles. The number of hydrogen-bond acceptors (Lipinski definition) is 6. The van der Waals surface area contributed by atoms with Crippen LogP contribution in [0.5, 0.6) is 0 Å². The van der Waals surface area contributed by atoms with Crippen molar-refractivity contribution in [3.05, 3.63) is 75.8 Å². The van der Waals surface area contributed by atoms with Crippen LogP contribution in [0, 0.1) is 10.1 Å². The van der Waals surface area contributed by atoms with Gasteiger partial charge in [0.05, 0.1) is 4.92 Å². The quantitative estimate of drug-likeness (QED) is 0.330. The van der Waals surface area contributed by atoms with Gasteiger partial charge in [-0.1, -0.05) is 30.3 Å². The number of hydrogen-bond donors (Lipinski definition) is 1. The lowest BCUT2D eigenvalue weighted by Gasteiger charge is -2.24. The number of amides is 1. The average molecular weight is 372 g/mol. The second-order valence-electron chi connectivity index (χ2n) is 5.84. The number of non-ortho nitro benzene ring substituents is 1. The predicted molar refractivity (Wildman–Crippen MR) is 97.1 cm³/mol. The van der Waals surface area contributed by atoms with Gasteiger partial charge >= 0.3 is 6.09 Å². The highest BCUT2D eigenvalue weighted by Gasteiger charge is 2.21. The summed E-state index contributed by atoms with van der Waals surface area (Å²) in [4.78, 5) is 35.6. The second kappa shape index (κ2) is 9.44. The number of rotatable bonds is 8. The monoisotopic (exact) mass is 372 g/mol. The smallest absolute Gasteiger partial charge is 0.412 e. The Hall–Kier alpha value is -3.26. The van der Waals surface area contributed by atoms with Crippen LogP contribution in [0.2, 0.25) is 0 Å². The maximum atomic E-state index is 12.2. The van der Waals surface area contributed by atoms with Crippen molar-refractivity contribution in [3.63, 3.8) is 0 Å². The third-order valence-corrected chi connectivity index (χ3v) is 3.87. The second-order valence-corrected chi connectivity index (χ2v) is 5.84. The average Bonchev–Trinajstić information content (AvgIpc) is 2.67. The zero-order chi connectivity index (χ0) is 19.8. The van der Waals surface area contributed by atoms with Gasteiger partial charge in [0.1, 0.15) is 12.8 Å². The fraction of sp³-hybridized carbons (Fsp3) is 0.263. The summed E-state index contributed by atoms with van der Waals surface area (Å²) in [6, 6.07) is 14.3. The zero-order valence-corrected chi connectivity index (χ0v) is 14.8. The van der Waals surface area contributed by atoms with Crippen LogP contribution in [0.25, 0.3) is 0 Å². The molecule has 0 radical (unpaired) electrons. The van der Waals surface area contributed by atoms with Crippen LogP contribution in [-0.4, -0.2) is 39.6 Å². The van der Waals surface area contributed by atoms with Gasteiger partial charge in [0, 0.05) is 30.7 Å². The molecule has 0 heterocycles. The standard InChI is InChI=1S/C19H20N2O6/c1-14(22)20(19(24)27-13-15-5-3-2-4-6-15)12-11-18(23)16-7-9-17(10-8-16)21(25)26/h2-10,14,22H,11-13H2,1H3. The molecule has 0 saturated carbocycles. The van der Waals surface area contributed by atoms with Crippen molar-refractivity contribution in [2.24, 2.45) is 0 Å². The summed E-state index contributed by atoms with van der Waals surface area (Å²) in [6.07, 6.45) is -1.91. The molecule has 2 aromatic rings. The van der Waals surface area contributed by atoms with E-state index in [0.29, 0.717) is 5.56 Å². The van der Waals surface area contributed by atoms with Crippen molar-refractivity contribution in [2.75, 3.05) is 6.54 Å². The van der Waals surface area contributed by atoms with Crippen LogP contribution in [0.15, 0.2) is 54.6 Å².